The highest BCUT2D eigenvalue weighted by Crippen LogP contribution is 2.58. The Morgan fingerprint density at radius 3 is 1.97 bits per heavy atom. The first-order chi connectivity index (χ1) is 29.5. The topological polar surface area (TPSA) is 147 Å². The summed E-state index contributed by atoms with van der Waals surface area (Å²) in [6, 6.07) is 39.0. The van der Waals surface area contributed by atoms with Gasteiger partial charge in [0.05, 0.1) is 39.9 Å². The van der Waals surface area contributed by atoms with E-state index in [0.717, 1.165) is 22.3 Å². The molecule has 0 radical (unpaired) electrons. The van der Waals surface area contributed by atoms with Crippen molar-refractivity contribution in [2.75, 3.05) is 27.4 Å². The molecule has 3 heterocycles. The fraction of sp³-hybridized carbons (Fsp3) is 0.383. The number of nitrogens with one attached hydrogen (secondary N) is 1. The van der Waals surface area contributed by atoms with Crippen LogP contribution in [0, 0.1) is 11.3 Å². The lowest BCUT2D eigenvalue weighted by molar-refractivity contribution is -0.114. The summed E-state index contributed by atoms with van der Waals surface area (Å²) in [5.74, 6) is 1.40. The number of benzene rings is 4. The van der Waals surface area contributed by atoms with Crippen molar-refractivity contribution < 1.29 is 32.7 Å². The van der Waals surface area contributed by atoms with Gasteiger partial charge in [0.1, 0.15) is 47.2 Å². The summed E-state index contributed by atoms with van der Waals surface area (Å²) in [5.41, 5.74) is -0.0183. The highest BCUT2D eigenvalue weighted by Gasteiger charge is 2.64. The maximum Gasteiger partial charge on any atom is 0.330 e. The zero-order chi connectivity index (χ0) is 43.1. The molecule has 1 N–H and O–H groups in total. The second-order valence-corrected chi connectivity index (χ2v) is 17.0. The van der Waals surface area contributed by atoms with Crippen molar-refractivity contribution in [3.63, 3.8) is 0 Å². The van der Waals surface area contributed by atoms with E-state index in [1.54, 1.807) is 14.2 Å². The van der Waals surface area contributed by atoms with E-state index in [-0.39, 0.29) is 38.1 Å². The van der Waals surface area contributed by atoms with Gasteiger partial charge in [-0.3, -0.25) is 14.3 Å². The van der Waals surface area contributed by atoms with E-state index in [4.69, 9.17) is 32.7 Å². The molecule has 2 aliphatic heterocycles. The van der Waals surface area contributed by atoms with Gasteiger partial charge in [0.2, 0.25) is 0 Å². The molecule has 1 aromatic heterocycles. The summed E-state index contributed by atoms with van der Waals surface area (Å²) in [6.45, 7) is 8.48. The SMILES string of the molecule is COc1ccc(C(OC[C@H]2O[C@]3(c4ccccc4)C[C@@H](n4ccc(=O)[nH]c4=O)O[C@@H]3[C@@H]2OP(OCCC#N)N(C(C)C)C(C)C)(c2ccccc2)c2ccc(OC)cc2)cc1. The molecule has 6 atom stereocenters. The lowest BCUT2D eigenvalue weighted by Gasteiger charge is -2.39. The first-order valence-corrected chi connectivity index (χ1v) is 21.6. The van der Waals surface area contributed by atoms with Crippen molar-refractivity contribution in [2.45, 2.75) is 88.4 Å². The number of nitriles is 1. The van der Waals surface area contributed by atoms with Crippen LogP contribution in [0.25, 0.3) is 0 Å². The number of hydrogen-bond donors (Lipinski definition) is 1. The summed E-state index contributed by atoms with van der Waals surface area (Å²) in [6.07, 6.45) is -1.35. The van der Waals surface area contributed by atoms with Crippen LogP contribution in [-0.4, -0.2) is 72.1 Å². The minimum atomic E-state index is -1.81. The molecular weight excluding hydrogens is 796 g/mol. The van der Waals surface area contributed by atoms with Gasteiger partial charge in [-0.15, -0.1) is 0 Å². The molecule has 2 fully saturated rings. The summed E-state index contributed by atoms with van der Waals surface area (Å²) in [5, 5.41) is 9.51. The molecule has 0 spiro atoms. The first-order valence-electron chi connectivity index (χ1n) is 20.5. The summed E-state index contributed by atoms with van der Waals surface area (Å²) in [4.78, 5) is 27.8. The van der Waals surface area contributed by atoms with Crippen LogP contribution >= 0.6 is 8.53 Å². The molecule has 2 aliphatic rings. The fourth-order valence-corrected chi connectivity index (χ4v) is 10.3. The van der Waals surface area contributed by atoms with Gasteiger partial charge >= 0.3 is 5.69 Å². The van der Waals surface area contributed by atoms with E-state index in [1.165, 1.54) is 16.8 Å². The van der Waals surface area contributed by atoms with Crippen molar-refractivity contribution in [2.24, 2.45) is 0 Å². The van der Waals surface area contributed by atoms with E-state index in [0.29, 0.717) is 11.5 Å². The molecule has 5 aromatic rings. The molecule has 0 aliphatic carbocycles. The van der Waals surface area contributed by atoms with E-state index in [2.05, 4.69) is 43.4 Å². The van der Waals surface area contributed by atoms with Crippen LogP contribution in [0.15, 0.2) is 131 Å². The molecule has 320 valence electrons. The molecule has 0 saturated carbocycles. The molecule has 4 aromatic carbocycles. The maximum absolute atomic E-state index is 13.3. The second kappa shape index (κ2) is 19.3. The van der Waals surface area contributed by atoms with Gasteiger partial charge < -0.3 is 32.7 Å². The van der Waals surface area contributed by atoms with Gasteiger partial charge in [0.25, 0.3) is 14.1 Å². The van der Waals surface area contributed by atoms with Crippen LogP contribution in [0.2, 0.25) is 0 Å². The maximum atomic E-state index is 13.3. The first kappa shape index (κ1) is 43.9. The Hall–Kier alpha value is -5.16. The number of fused-ring (bicyclic) bond motifs is 1. The third-order valence-corrected chi connectivity index (χ3v) is 13.3. The molecule has 7 rings (SSSR count). The largest absolute Gasteiger partial charge is 0.497 e. The van der Waals surface area contributed by atoms with Crippen LogP contribution in [0.5, 0.6) is 11.5 Å². The van der Waals surface area contributed by atoms with Gasteiger partial charge in [-0.2, -0.15) is 5.26 Å². The molecule has 0 bridgehead atoms. The highest BCUT2D eigenvalue weighted by atomic mass is 31.2. The Labute approximate surface area is 357 Å². The van der Waals surface area contributed by atoms with Crippen LogP contribution in [0.4, 0.5) is 0 Å². The number of ether oxygens (including phenoxy) is 5. The minimum absolute atomic E-state index is 0.0111. The third kappa shape index (κ3) is 8.94. The molecule has 2 saturated heterocycles. The quantitative estimate of drug-likeness (QED) is 0.0524. The van der Waals surface area contributed by atoms with Crippen molar-refractivity contribution in [3.8, 4) is 17.6 Å². The molecule has 1 unspecified atom stereocenters. The zero-order valence-electron chi connectivity index (χ0n) is 35.3. The monoisotopic (exact) mass is 848 g/mol. The van der Waals surface area contributed by atoms with Crippen molar-refractivity contribution in [1.82, 2.24) is 14.2 Å². The normalized spacial score (nSPS) is 21.7. The molecule has 61 heavy (non-hydrogen) atoms. The minimum Gasteiger partial charge on any atom is -0.497 e. The number of hydrogen-bond acceptors (Lipinski definition) is 11. The van der Waals surface area contributed by atoms with Gasteiger partial charge in [-0.25, -0.2) is 9.46 Å². The molecule has 13 nitrogen and oxygen atoms in total. The average molecular weight is 849 g/mol. The predicted molar refractivity (Wildman–Crippen MR) is 231 cm³/mol. The summed E-state index contributed by atoms with van der Waals surface area (Å²) in [7, 11) is 1.46. The van der Waals surface area contributed by atoms with E-state index in [1.807, 2.05) is 109 Å². The van der Waals surface area contributed by atoms with Crippen LogP contribution < -0.4 is 20.7 Å². The van der Waals surface area contributed by atoms with Crippen LogP contribution in [0.3, 0.4) is 0 Å². The van der Waals surface area contributed by atoms with E-state index < -0.39 is 55.5 Å². The number of methoxy groups -OCH3 is 2. The number of aromatic amines is 1. The number of aromatic nitrogens is 2. The number of nitrogens with zero attached hydrogens (tertiary/aromatic N) is 3. The van der Waals surface area contributed by atoms with Crippen molar-refractivity contribution in [1.29, 1.82) is 5.26 Å². The Morgan fingerprint density at radius 1 is 0.852 bits per heavy atom. The fourth-order valence-electron chi connectivity index (χ4n) is 8.51. The van der Waals surface area contributed by atoms with E-state index in [9.17, 15) is 14.9 Å². The molecular formula is C47H53N4O9P. The third-order valence-electron chi connectivity index (χ3n) is 11.2. The van der Waals surface area contributed by atoms with Gasteiger partial charge in [-0.05, 0) is 74.2 Å². The van der Waals surface area contributed by atoms with Gasteiger partial charge in [0, 0.05) is 30.8 Å². The Kier molecular flexibility index (Phi) is 13.9. The molecule has 0 amide bonds. The van der Waals surface area contributed by atoms with Crippen LogP contribution in [0.1, 0.15) is 69.0 Å². The number of H-pyrrole nitrogens is 1. The van der Waals surface area contributed by atoms with Gasteiger partial charge in [0.15, 0.2) is 0 Å². The average Bonchev–Trinajstić information content (AvgIpc) is 3.79. The molecule has 14 heteroatoms. The number of rotatable bonds is 18. The standard InChI is InChI=1S/C47H53N4O9P/c1-32(2)51(33(3)4)61(57-29-13-27-48)60-43-40(59-46(34-14-9-7-10-15-34)30-42(58-44(43)46)50-28-26-41(52)49-45(50)53)31-56-47(35-16-11-8-12-17-35,36-18-22-38(54-5)23-19-36)37-20-24-39(55-6)25-21-37/h7-12,14-26,28,32-33,40,42-44H,13,29-31H2,1-6H3,(H,49,52,53)/t40-,42+,43-,44-,46+,61?/m1/s1. The highest BCUT2D eigenvalue weighted by molar-refractivity contribution is 7.44. The van der Waals surface area contributed by atoms with Gasteiger partial charge in [-0.1, -0.05) is 84.9 Å². The smallest absolute Gasteiger partial charge is 0.330 e. The zero-order valence-corrected chi connectivity index (χ0v) is 36.2. The van der Waals surface area contributed by atoms with Crippen molar-refractivity contribution in [3.05, 3.63) is 165 Å². The van der Waals surface area contributed by atoms with Crippen LogP contribution in [-0.2, 0) is 34.5 Å². The Morgan fingerprint density at radius 2 is 1.43 bits per heavy atom. The Bertz CT molecular complexity index is 2300. The Balaban J connectivity index is 1.38. The van der Waals surface area contributed by atoms with Crippen molar-refractivity contribution >= 4 is 8.53 Å². The second-order valence-electron chi connectivity index (χ2n) is 15.6. The summed E-state index contributed by atoms with van der Waals surface area (Å²) < 4.78 is 50.2. The lowest BCUT2D eigenvalue weighted by Crippen LogP contribution is -2.43. The summed E-state index contributed by atoms with van der Waals surface area (Å²) >= 11 is 0. The predicted octanol–water partition coefficient (Wildman–Crippen LogP) is 7.81. The lowest BCUT2D eigenvalue weighted by atomic mass is 9.80. The van der Waals surface area contributed by atoms with E-state index >= 15 is 0 Å².